The van der Waals surface area contributed by atoms with E-state index in [2.05, 4.69) is 44.5 Å². The van der Waals surface area contributed by atoms with Crippen LogP contribution in [0.4, 0.5) is 5.69 Å². The fraction of sp³-hybridized carbons (Fsp3) is 0.174. The quantitative estimate of drug-likeness (QED) is 0.157. The van der Waals surface area contributed by atoms with E-state index in [0.717, 1.165) is 3.57 Å². The highest BCUT2D eigenvalue weighted by Gasteiger charge is 2.12. The van der Waals surface area contributed by atoms with Crippen LogP contribution in [-0.2, 0) is 11.3 Å². The number of phenolic OH excluding ortho intramolecular Hbond substituents is 1. The van der Waals surface area contributed by atoms with Crippen LogP contribution >= 0.6 is 22.6 Å². The summed E-state index contributed by atoms with van der Waals surface area (Å²) in [6, 6.07) is 10.2. The second-order valence-corrected chi connectivity index (χ2v) is 8.77. The number of amides is 1. The zero-order valence-corrected chi connectivity index (χ0v) is 19.8. The number of aliphatic imine (C=N–C) groups is 1. The Morgan fingerprint density at radius 3 is 2.66 bits per heavy atom. The Morgan fingerprint density at radius 2 is 1.97 bits per heavy atom. The summed E-state index contributed by atoms with van der Waals surface area (Å²) < 4.78 is 0.922. The summed E-state index contributed by atoms with van der Waals surface area (Å²) in [7, 11) is 3.67. The highest BCUT2D eigenvalue weighted by molar-refractivity contribution is 14.1. The first kappa shape index (κ1) is 23.5. The van der Waals surface area contributed by atoms with E-state index in [1.165, 1.54) is 12.3 Å². The van der Waals surface area contributed by atoms with Crippen molar-refractivity contribution in [2.45, 2.75) is 6.54 Å². The second-order valence-electron chi connectivity index (χ2n) is 7.52. The van der Waals surface area contributed by atoms with Gasteiger partial charge in [-0.3, -0.25) is 19.6 Å². The van der Waals surface area contributed by atoms with E-state index in [1.54, 1.807) is 24.3 Å². The molecular formula is C23H23IN4O4. The number of likely N-dealkylation sites (N-methyl/N-ethyl adjacent to an activating group) is 1. The molecule has 8 nitrogen and oxygen atoms in total. The van der Waals surface area contributed by atoms with Gasteiger partial charge in [-0.15, -0.1) is 0 Å². The maximum Gasteiger partial charge on any atom is 0.258 e. The van der Waals surface area contributed by atoms with Gasteiger partial charge in [-0.1, -0.05) is 12.6 Å². The van der Waals surface area contributed by atoms with Crippen molar-refractivity contribution < 1.29 is 15.0 Å². The van der Waals surface area contributed by atoms with Crippen LogP contribution in [0.25, 0.3) is 10.8 Å². The van der Waals surface area contributed by atoms with E-state index < -0.39 is 0 Å². The Bertz CT molecular complexity index is 1280. The third-order valence-electron chi connectivity index (χ3n) is 4.64. The van der Waals surface area contributed by atoms with Crippen LogP contribution < -0.4 is 10.9 Å². The average molecular weight is 546 g/mol. The molecule has 0 spiro atoms. The molecule has 1 aromatic heterocycles. The third-order valence-corrected chi connectivity index (χ3v) is 5.31. The smallest absolute Gasteiger partial charge is 0.258 e. The fourth-order valence-corrected chi connectivity index (χ4v) is 3.62. The molecule has 2 aromatic carbocycles. The van der Waals surface area contributed by atoms with Gasteiger partial charge in [-0.05, 0) is 72.6 Å². The van der Waals surface area contributed by atoms with Gasteiger partial charge in [0.15, 0.2) is 0 Å². The number of hydrogen-bond donors (Lipinski definition) is 4. The van der Waals surface area contributed by atoms with Gasteiger partial charge < -0.3 is 20.4 Å². The molecule has 0 atom stereocenters. The molecule has 0 radical (unpaired) electrons. The number of aromatic nitrogens is 1. The first-order valence-corrected chi connectivity index (χ1v) is 10.7. The summed E-state index contributed by atoms with van der Waals surface area (Å²) in [5, 5.41) is 24.2. The second kappa shape index (κ2) is 9.96. The number of carbonyl (C=O) groups is 1. The molecule has 3 aromatic rings. The van der Waals surface area contributed by atoms with Crippen molar-refractivity contribution in [3.05, 3.63) is 73.6 Å². The zero-order chi connectivity index (χ0) is 23.4. The molecule has 0 aliphatic heterocycles. The van der Waals surface area contributed by atoms with Crippen molar-refractivity contribution in [3.63, 3.8) is 0 Å². The monoisotopic (exact) mass is 546 g/mol. The minimum absolute atomic E-state index is 0.0874. The van der Waals surface area contributed by atoms with Crippen molar-refractivity contribution in [3.8, 4) is 11.6 Å². The van der Waals surface area contributed by atoms with E-state index in [9.17, 15) is 19.8 Å². The summed E-state index contributed by atoms with van der Waals surface area (Å²) >= 11 is 2.14. The van der Waals surface area contributed by atoms with Crippen molar-refractivity contribution in [1.29, 1.82) is 0 Å². The van der Waals surface area contributed by atoms with Gasteiger partial charge in [0.25, 0.3) is 11.5 Å². The molecule has 0 fully saturated rings. The summed E-state index contributed by atoms with van der Waals surface area (Å²) in [5.74, 6) is -0.711. The van der Waals surface area contributed by atoms with Gasteiger partial charge in [-0.25, -0.2) is 0 Å². The van der Waals surface area contributed by atoms with Gasteiger partial charge in [0.2, 0.25) is 5.88 Å². The van der Waals surface area contributed by atoms with Crippen LogP contribution in [-0.4, -0.2) is 52.9 Å². The van der Waals surface area contributed by atoms with Crippen LogP contribution in [0.3, 0.4) is 0 Å². The Labute approximate surface area is 198 Å². The van der Waals surface area contributed by atoms with Gasteiger partial charge in [0.1, 0.15) is 5.75 Å². The number of anilines is 1. The molecule has 1 amide bonds. The Hall–Kier alpha value is -3.18. The maximum atomic E-state index is 12.2. The third kappa shape index (κ3) is 5.54. The highest BCUT2D eigenvalue weighted by Crippen LogP contribution is 2.26. The predicted octanol–water partition coefficient (Wildman–Crippen LogP) is 3.22. The minimum atomic E-state index is -0.373. The number of pyridine rings is 1. The first-order valence-electron chi connectivity index (χ1n) is 9.65. The van der Waals surface area contributed by atoms with Crippen LogP contribution in [0.1, 0.15) is 11.1 Å². The summed E-state index contributed by atoms with van der Waals surface area (Å²) in [4.78, 5) is 32.8. The molecule has 0 unspecified atom stereocenters. The number of H-pyrrole nitrogens is 1. The molecule has 4 N–H and O–H groups in total. The molecule has 1 heterocycles. The van der Waals surface area contributed by atoms with Gasteiger partial charge in [0.05, 0.1) is 17.8 Å². The van der Waals surface area contributed by atoms with E-state index in [-0.39, 0.29) is 35.3 Å². The largest absolute Gasteiger partial charge is 0.506 e. The van der Waals surface area contributed by atoms with Crippen molar-refractivity contribution in [2.75, 3.05) is 26.0 Å². The lowest BCUT2D eigenvalue weighted by molar-refractivity contribution is -0.113. The average Bonchev–Trinajstić information content (AvgIpc) is 2.71. The van der Waals surface area contributed by atoms with Crippen LogP contribution in [0.15, 0.2) is 58.3 Å². The molecule has 0 saturated heterocycles. The number of phenols is 1. The molecule has 0 aliphatic rings. The highest BCUT2D eigenvalue weighted by atomic mass is 127. The molecular weight excluding hydrogens is 523 g/mol. The Morgan fingerprint density at radius 1 is 1.22 bits per heavy atom. The molecule has 166 valence electrons. The summed E-state index contributed by atoms with van der Waals surface area (Å²) in [6.45, 7) is 4.38. The summed E-state index contributed by atoms with van der Waals surface area (Å²) in [5.41, 5.74) is 1.39. The Kier molecular flexibility index (Phi) is 7.31. The van der Waals surface area contributed by atoms with E-state index in [4.69, 9.17) is 0 Å². The number of nitrogens with one attached hydrogen (secondary N) is 2. The predicted molar refractivity (Wildman–Crippen MR) is 135 cm³/mol. The number of hydrogen-bond acceptors (Lipinski definition) is 6. The lowest BCUT2D eigenvalue weighted by atomic mass is 10.1. The minimum Gasteiger partial charge on any atom is -0.506 e. The van der Waals surface area contributed by atoms with Gasteiger partial charge >= 0.3 is 0 Å². The SMILES string of the molecule is C=C(CN(C)C)C(=O)Nc1ccc(CN=Cc2c(O)[nH]c(=O)c3ccc(I)cc23)cc1O. The standard InChI is InChI=1S/C23H23IN4O4/c1-13(12-28(2)3)21(30)26-19-7-4-14(8-20(19)29)10-25-11-18-17-9-15(24)5-6-16(17)22(31)27-23(18)32/h4-9,11,29H,1,10,12H2,2-3H3,(H,26,30)(H2,27,31,32). The first-order chi connectivity index (χ1) is 15.2. The van der Waals surface area contributed by atoms with E-state index in [0.29, 0.717) is 34.0 Å². The molecule has 9 heteroatoms. The van der Waals surface area contributed by atoms with Crippen molar-refractivity contribution in [1.82, 2.24) is 9.88 Å². The number of carbonyl (C=O) groups excluding carboxylic acids is 1. The number of aromatic amines is 1. The van der Waals surface area contributed by atoms with Crippen LogP contribution in [0, 0.1) is 3.57 Å². The number of benzene rings is 2. The normalized spacial score (nSPS) is 11.4. The number of halogens is 1. The van der Waals surface area contributed by atoms with Crippen LogP contribution in [0.2, 0.25) is 0 Å². The number of fused-ring (bicyclic) bond motifs is 1. The van der Waals surface area contributed by atoms with E-state index >= 15 is 0 Å². The molecule has 0 aliphatic carbocycles. The van der Waals surface area contributed by atoms with Crippen molar-refractivity contribution in [2.24, 2.45) is 4.99 Å². The van der Waals surface area contributed by atoms with Crippen LogP contribution in [0.5, 0.6) is 11.6 Å². The van der Waals surface area contributed by atoms with E-state index in [1.807, 2.05) is 25.1 Å². The Balaban J connectivity index is 1.76. The van der Waals surface area contributed by atoms with Gasteiger partial charge in [0, 0.05) is 32.7 Å². The lowest BCUT2D eigenvalue weighted by Gasteiger charge is -2.13. The number of nitrogens with zero attached hydrogens (tertiary/aromatic N) is 2. The summed E-state index contributed by atoms with van der Waals surface area (Å²) in [6.07, 6.45) is 1.49. The van der Waals surface area contributed by atoms with Gasteiger partial charge in [-0.2, -0.15) is 0 Å². The number of aromatic hydroxyl groups is 2. The number of rotatable bonds is 7. The molecule has 0 saturated carbocycles. The maximum absolute atomic E-state index is 12.2. The topological polar surface area (TPSA) is 118 Å². The van der Waals surface area contributed by atoms with Crippen molar-refractivity contribution >= 4 is 51.2 Å². The molecule has 0 bridgehead atoms. The lowest BCUT2D eigenvalue weighted by Crippen LogP contribution is -2.23. The molecule has 3 rings (SSSR count). The molecule has 32 heavy (non-hydrogen) atoms. The fourth-order valence-electron chi connectivity index (χ4n) is 3.13. The zero-order valence-electron chi connectivity index (χ0n) is 17.6.